The van der Waals surface area contributed by atoms with Gasteiger partial charge in [0.1, 0.15) is 0 Å². The highest BCUT2D eigenvalue weighted by molar-refractivity contribution is 9.10. The van der Waals surface area contributed by atoms with Gasteiger partial charge < -0.3 is 0 Å². The molecule has 0 fully saturated rings. The summed E-state index contributed by atoms with van der Waals surface area (Å²) in [6, 6.07) is 7.16. The first-order chi connectivity index (χ1) is 7.39. The van der Waals surface area contributed by atoms with Gasteiger partial charge >= 0.3 is 0 Å². The molecule has 0 saturated carbocycles. The van der Waals surface area contributed by atoms with Crippen LogP contribution < -0.4 is 0 Å². The maximum absolute atomic E-state index is 3.66. The van der Waals surface area contributed by atoms with Crippen molar-refractivity contribution in [1.29, 1.82) is 0 Å². The van der Waals surface area contributed by atoms with Crippen LogP contribution in [-0.2, 0) is 13.0 Å². The van der Waals surface area contributed by atoms with Gasteiger partial charge in [0.25, 0.3) is 0 Å². The molecule has 0 bridgehead atoms. The Kier molecular flexibility index (Phi) is 3.15. The van der Waals surface area contributed by atoms with E-state index in [1.807, 2.05) is 0 Å². The van der Waals surface area contributed by atoms with Crippen molar-refractivity contribution in [2.24, 2.45) is 0 Å². The summed E-state index contributed by atoms with van der Waals surface area (Å²) >= 11 is 3.66. The predicted octanol–water partition coefficient (Wildman–Crippen LogP) is 3.99. The molecule has 0 amide bonds. The lowest BCUT2D eigenvalue weighted by Gasteiger charge is -2.44. The highest BCUT2D eigenvalue weighted by Crippen LogP contribution is 2.32. The minimum atomic E-state index is 0.249. The van der Waals surface area contributed by atoms with E-state index in [9.17, 15) is 0 Å². The van der Waals surface area contributed by atoms with Crippen molar-refractivity contribution in [2.45, 2.75) is 52.2 Å². The predicted molar refractivity (Wildman–Crippen MR) is 72.6 cm³/mol. The minimum Gasteiger partial charge on any atom is -0.291 e. The number of rotatable bonds is 0. The zero-order chi connectivity index (χ0) is 11.9. The molecule has 2 heteroatoms. The molecule has 0 spiro atoms. The van der Waals surface area contributed by atoms with Gasteiger partial charge in [0, 0.05) is 22.6 Å². The van der Waals surface area contributed by atoms with Gasteiger partial charge in [-0.25, -0.2) is 0 Å². The number of halogens is 1. The number of hydrogen-bond donors (Lipinski definition) is 0. The quantitative estimate of drug-likeness (QED) is 0.695. The molecule has 0 aliphatic carbocycles. The maximum Gasteiger partial charge on any atom is 0.0245 e. The van der Waals surface area contributed by atoms with Crippen LogP contribution in [-0.4, -0.2) is 16.5 Å². The third-order valence-corrected chi connectivity index (χ3v) is 4.19. The lowest BCUT2D eigenvalue weighted by Crippen LogP contribution is -2.49. The van der Waals surface area contributed by atoms with Crippen LogP contribution in [0, 0.1) is 0 Å². The SMILES string of the molecule is C[C@@H]1Cc2c(Br)cccc2CN1C(C)(C)C. The van der Waals surface area contributed by atoms with E-state index in [0.29, 0.717) is 6.04 Å². The van der Waals surface area contributed by atoms with Gasteiger partial charge in [-0.1, -0.05) is 28.1 Å². The van der Waals surface area contributed by atoms with Crippen molar-refractivity contribution >= 4 is 15.9 Å². The topological polar surface area (TPSA) is 3.24 Å². The van der Waals surface area contributed by atoms with E-state index in [2.05, 4.69) is 66.7 Å². The molecule has 0 radical (unpaired) electrons. The Morgan fingerprint density at radius 3 is 2.62 bits per heavy atom. The van der Waals surface area contributed by atoms with Crippen LogP contribution in [0.4, 0.5) is 0 Å². The molecule has 1 aliphatic heterocycles. The fourth-order valence-electron chi connectivity index (χ4n) is 2.62. The van der Waals surface area contributed by atoms with E-state index < -0.39 is 0 Å². The second-order valence-corrected chi connectivity index (χ2v) is 6.58. The van der Waals surface area contributed by atoms with Crippen LogP contribution in [0.15, 0.2) is 22.7 Å². The first-order valence-electron chi connectivity index (χ1n) is 5.92. The Hall–Kier alpha value is -0.340. The maximum atomic E-state index is 3.66. The van der Waals surface area contributed by atoms with Crippen LogP contribution in [0.1, 0.15) is 38.8 Å². The van der Waals surface area contributed by atoms with E-state index in [0.717, 1.165) is 13.0 Å². The van der Waals surface area contributed by atoms with Gasteiger partial charge in [-0.2, -0.15) is 0 Å². The van der Waals surface area contributed by atoms with E-state index in [1.54, 1.807) is 0 Å². The number of benzene rings is 1. The van der Waals surface area contributed by atoms with Crippen LogP contribution >= 0.6 is 15.9 Å². The van der Waals surface area contributed by atoms with E-state index in [1.165, 1.54) is 15.6 Å². The van der Waals surface area contributed by atoms with Gasteiger partial charge in [0.2, 0.25) is 0 Å². The molecule has 0 unspecified atom stereocenters. The average Bonchev–Trinajstić information content (AvgIpc) is 2.17. The zero-order valence-corrected chi connectivity index (χ0v) is 12.1. The molecule has 1 atom stereocenters. The summed E-state index contributed by atoms with van der Waals surface area (Å²) in [5.74, 6) is 0. The van der Waals surface area contributed by atoms with E-state index in [-0.39, 0.29) is 5.54 Å². The summed E-state index contributed by atoms with van der Waals surface area (Å²) in [4.78, 5) is 2.59. The third-order valence-electron chi connectivity index (χ3n) is 3.45. The van der Waals surface area contributed by atoms with Crippen LogP contribution in [0.5, 0.6) is 0 Å². The summed E-state index contributed by atoms with van der Waals surface area (Å²) in [5.41, 5.74) is 3.22. The monoisotopic (exact) mass is 281 g/mol. The summed E-state index contributed by atoms with van der Waals surface area (Å²) < 4.78 is 1.27. The first-order valence-corrected chi connectivity index (χ1v) is 6.72. The summed E-state index contributed by atoms with van der Waals surface area (Å²) in [5, 5.41) is 0. The van der Waals surface area contributed by atoms with Gasteiger partial charge in [0.05, 0.1) is 0 Å². The minimum absolute atomic E-state index is 0.249. The highest BCUT2D eigenvalue weighted by atomic mass is 79.9. The van der Waals surface area contributed by atoms with Gasteiger partial charge in [0.15, 0.2) is 0 Å². The molecule has 0 N–H and O–H groups in total. The lowest BCUT2D eigenvalue weighted by atomic mass is 9.90. The van der Waals surface area contributed by atoms with Crippen LogP contribution in [0.2, 0.25) is 0 Å². The van der Waals surface area contributed by atoms with Crippen LogP contribution in [0.3, 0.4) is 0 Å². The summed E-state index contributed by atoms with van der Waals surface area (Å²) in [6.07, 6.45) is 1.15. The first kappa shape index (κ1) is 12.1. The van der Waals surface area contributed by atoms with E-state index >= 15 is 0 Å². The Bertz CT molecular complexity index is 392. The molecule has 0 aromatic heterocycles. The molecule has 88 valence electrons. The Balaban J connectivity index is 2.36. The fraction of sp³-hybridized carbons (Fsp3) is 0.571. The van der Waals surface area contributed by atoms with Crippen molar-refractivity contribution in [1.82, 2.24) is 4.90 Å². The molecular weight excluding hydrogens is 262 g/mol. The zero-order valence-electron chi connectivity index (χ0n) is 10.5. The number of hydrogen-bond acceptors (Lipinski definition) is 1. The largest absolute Gasteiger partial charge is 0.291 e. The second kappa shape index (κ2) is 4.15. The molecule has 1 heterocycles. The molecule has 0 saturated heterocycles. The number of nitrogens with zero attached hydrogens (tertiary/aromatic N) is 1. The van der Waals surface area contributed by atoms with Crippen molar-refractivity contribution in [3.8, 4) is 0 Å². The second-order valence-electron chi connectivity index (χ2n) is 5.73. The Labute approximate surface area is 107 Å². The molecule has 16 heavy (non-hydrogen) atoms. The molecule has 1 aromatic rings. The molecule has 2 rings (SSSR count). The van der Waals surface area contributed by atoms with Gasteiger partial charge in [-0.05, 0) is 51.3 Å². The lowest BCUT2D eigenvalue weighted by molar-refractivity contribution is 0.0718. The highest BCUT2D eigenvalue weighted by Gasteiger charge is 2.31. The van der Waals surface area contributed by atoms with E-state index in [4.69, 9.17) is 0 Å². The Morgan fingerprint density at radius 2 is 2.00 bits per heavy atom. The summed E-state index contributed by atoms with van der Waals surface area (Å²) in [6.45, 7) is 10.3. The Morgan fingerprint density at radius 1 is 1.31 bits per heavy atom. The molecule has 1 aliphatic rings. The number of fused-ring (bicyclic) bond motifs is 1. The van der Waals surface area contributed by atoms with Crippen molar-refractivity contribution in [2.75, 3.05) is 0 Å². The van der Waals surface area contributed by atoms with Crippen molar-refractivity contribution in [3.05, 3.63) is 33.8 Å². The molecular formula is C14H20BrN. The van der Waals surface area contributed by atoms with Gasteiger partial charge in [-0.15, -0.1) is 0 Å². The smallest absolute Gasteiger partial charge is 0.0245 e. The van der Waals surface area contributed by atoms with Gasteiger partial charge in [-0.3, -0.25) is 4.90 Å². The van der Waals surface area contributed by atoms with Crippen molar-refractivity contribution in [3.63, 3.8) is 0 Å². The third kappa shape index (κ3) is 2.18. The summed E-state index contributed by atoms with van der Waals surface area (Å²) in [7, 11) is 0. The molecule has 1 nitrogen and oxygen atoms in total. The normalized spacial score (nSPS) is 21.9. The standard InChI is InChI=1S/C14H20BrN/c1-10-8-12-11(6-5-7-13(12)15)9-16(10)14(2,3)4/h5-7,10H,8-9H2,1-4H3/t10-/m1/s1. The average molecular weight is 282 g/mol. The fourth-order valence-corrected chi connectivity index (χ4v) is 3.19. The molecule has 1 aromatic carbocycles. The van der Waals surface area contributed by atoms with Crippen LogP contribution in [0.25, 0.3) is 0 Å². The van der Waals surface area contributed by atoms with Crippen molar-refractivity contribution < 1.29 is 0 Å².